The number of carboxylic acid groups (broad SMARTS) is 1. The Balaban J connectivity index is 1.10. The van der Waals surface area contributed by atoms with Crippen molar-refractivity contribution in [2.24, 2.45) is 5.92 Å². The van der Waals surface area contributed by atoms with Crippen LogP contribution in [0.15, 0.2) is 40.9 Å². The third-order valence-electron chi connectivity index (χ3n) is 8.10. The number of hydrogen-bond acceptors (Lipinski definition) is 7. The van der Waals surface area contributed by atoms with Gasteiger partial charge in [-0.2, -0.15) is 13.2 Å². The lowest BCUT2D eigenvalue weighted by molar-refractivity contribution is -0.137. The van der Waals surface area contributed by atoms with Gasteiger partial charge in [0, 0.05) is 35.5 Å². The number of hydrogen-bond donors (Lipinski definition) is 1. The molecule has 0 amide bonds. The number of fused-ring (bicyclic) bond motifs is 3. The summed E-state index contributed by atoms with van der Waals surface area (Å²) in [4.78, 5) is 17.9. The number of aromatic carboxylic acids is 1. The van der Waals surface area contributed by atoms with Gasteiger partial charge in [0.1, 0.15) is 17.0 Å². The Labute approximate surface area is 229 Å². The number of carboxylic acids is 1. The number of anilines is 1. The summed E-state index contributed by atoms with van der Waals surface area (Å²) in [6.45, 7) is 0.751. The first-order valence-electron chi connectivity index (χ1n) is 13.0. The highest BCUT2D eigenvalue weighted by Gasteiger charge is 2.47. The van der Waals surface area contributed by atoms with E-state index < -0.39 is 23.5 Å². The second-order valence-electron chi connectivity index (χ2n) is 10.7. The van der Waals surface area contributed by atoms with Gasteiger partial charge in [0.25, 0.3) is 0 Å². The Bertz CT molecular complexity index is 1630. The van der Waals surface area contributed by atoms with Gasteiger partial charge >= 0.3 is 12.1 Å². The minimum Gasteiger partial charge on any atom is -0.478 e. The van der Waals surface area contributed by atoms with Gasteiger partial charge in [-0.25, -0.2) is 14.2 Å². The fourth-order valence-electron chi connectivity index (χ4n) is 6.03. The zero-order valence-corrected chi connectivity index (χ0v) is 21.8. The van der Waals surface area contributed by atoms with Crippen molar-refractivity contribution in [2.45, 2.75) is 56.5 Å². The van der Waals surface area contributed by atoms with Crippen LogP contribution in [0.2, 0.25) is 0 Å². The summed E-state index contributed by atoms with van der Waals surface area (Å²) < 4.78 is 68.2. The molecule has 0 spiro atoms. The molecule has 2 aromatic carbocycles. The highest BCUT2D eigenvalue weighted by molar-refractivity contribution is 7.22. The van der Waals surface area contributed by atoms with Crippen LogP contribution in [-0.4, -0.2) is 39.9 Å². The lowest BCUT2D eigenvalue weighted by atomic mass is 9.99. The van der Waals surface area contributed by atoms with Crippen molar-refractivity contribution in [1.82, 2.24) is 10.1 Å². The molecule has 40 heavy (non-hydrogen) atoms. The summed E-state index contributed by atoms with van der Waals surface area (Å²) in [5.74, 6) is -0.931. The number of nitrogens with zero attached hydrogens (tertiary/aromatic N) is 3. The molecule has 0 unspecified atom stereocenters. The maximum Gasteiger partial charge on any atom is 0.417 e. The fraction of sp³-hybridized carbons (Fsp3) is 0.393. The van der Waals surface area contributed by atoms with E-state index in [0.717, 1.165) is 31.4 Å². The average molecular weight is 574 g/mol. The van der Waals surface area contributed by atoms with Crippen molar-refractivity contribution in [3.63, 3.8) is 0 Å². The molecule has 1 saturated heterocycles. The number of carbonyl (C=O) groups is 1. The largest absolute Gasteiger partial charge is 0.478 e. The van der Waals surface area contributed by atoms with E-state index in [0.29, 0.717) is 34.1 Å². The maximum absolute atomic E-state index is 14.5. The standard InChI is InChI=1S/C28H23F4N3O4S/c29-20-8-14(26(36)37)9-22-24(20)33-27(40-22)35-11-15-7-16(35)10-21(15)38-12-18-23(34-39-25(18)13-5-6-13)17-3-1-2-4-19(17)28(30,31)32/h1-4,8-9,13,15-16,21H,5-7,10-12H2,(H,36,37)/t15-,16-,21+/m0/s1. The van der Waals surface area contributed by atoms with Crippen LogP contribution in [0.5, 0.6) is 0 Å². The highest BCUT2D eigenvalue weighted by atomic mass is 32.1. The third-order valence-corrected chi connectivity index (χ3v) is 9.14. The number of piperidine rings is 1. The molecule has 4 aromatic rings. The fourth-order valence-corrected chi connectivity index (χ4v) is 7.13. The first-order chi connectivity index (χ1) is 19.2. The normalized spacial score (nSPS) is 22.5. The van der Waals surface area contributed by atoms with Crippen molar-refractivity contribution >= 4 is 32.7 Å². The number of alkyl halides is 3. The molecular weight excluding hydrogens is 550 g/mol. The predicted molar refractivity (Wildman–Crippen MR) is 138 cm³/mol. The van der Waals surface area contributed by atoms with Crippen LogP contribution in [0.25, 0.3) is 21.5 Å². The SMILES string of the molecule is O=C(O)c1cc(F)c2nc(N3C[C@@H]4C[C@H]3C[C@H]4OCc3c(-c4ccccc4C(F)(F)F)noc3C3CC3)sc2c1. The van der Waals surface area contributed by atoms with Crippen LogP contribution in [0, 0.1) is 11.7 Å². The van der Waals surface area contributed by atoms with Gasteiger partial charge in [-0.05, 0) is 43.9 Å². The van der Waals surface area contributed by atoms with E-state index in [4.69, 9.17) is 9.26 Å². The molecule has 3 atom stereocenters. The molecule has 208 valence electrons. The van der Waals surface area contributed by atoms with E-state index in [1.807, 2.05) is 0 Å². The quantitative estimate of drug-likeness (QED) is 0.242. The van der Waals surface area contributed by atoms with E-state index in [-0.39, 0.29) is 52.9 Å². The van der Waals surface area contributed by atoms with Gasteiger partial charge in [0.2, 0.25) is 0 Å². The van der Waals surface area contributed by atoms with Gasteiger partial charge < -0.3 is 19.3 Å². The van der Waals surface area contributed by atoms with Crippen LogP contribution in [0.3, 0.4) is 0 Å². The highest BCUT2D eigenvalue weighted by Crippen LogP contribution is 2.48. The molecule has 1 aliphatic heterocycles. The molecular formula is C28H23F4N3O4S. The lowest BCUT2D eigenvalue weighted by Gasteiger charge is -2.31. The third kappa shape index (κ3) is 4.33. The summed E-state index contributed by atoms with van der Waals surface area (Å²) in [6.07, 6.45) is -1.27. The molecule has 3 fully saturated rings. The molecule has 2 aromatic heterocycles. The van der Waals surface area contributed by atoms with Gasteiger partial charge in [-0.3, -0.25) is 0 Å². The van der Waals surface area contributed by atoms with Crippen molar-refractivity contribution in [1.29, 1.82) is 0 Å². The molecule has 3 aliphatic rings. The molecule has 7 nitrogen and oxygen atoms in total. The number of thiazole rings is 1. The molecule has 1 N–H and O–H groups in total. The van der Waals surface area contributed by atoms with E-state index >= 15 is 0 Å². The van der Waals surface area contributed by atoms with Gasteiger partial charge in [-0.1, -0.05) is 34.7 Å². The second-order valence-corrected chi connectivity index (χ2v) is 11.7. The van der Waals surface area contributed by atoms with E-state index in [2.05, 4.69) is 15.0 Å². The summed E-state index contributed by atoms with van der Waals surface area (Å²) in [5.41, 5.74) is 0.0229. The molecule has 12 heteroatoms. The number of benzene rings is 2. The topological polar surface area (TPSA) is 88.7 Å². The van der Waals surface area contributed by atoms with Crippen LogP contribution in [0.4, 0.5) is 22.7 Å². The Morgan fingerprint density at radius 2 is 2.00 bits per heavy atom. The van der Waals surface area contributed by atoms with Crippen molar-refractivity contribution in [2.75, 3.05) is 11.4 Å². The zero-order valence-electron chi connectivity index (χ0n) is 20.9. The number of halogens is 4. The van der Waals surface area contributed by atoms with Crippen molar-refractivity contribution in [3.8, 4) is 11.3 Å². The molecule has 2 bridgehead atoms. The molecule has 3 heterocycles. The van der Waals surface area contributed by atoms with E-state index in [9.17, 15) is 27.5 Å². The van der Waals surface area contributed by atoms with Crippen molar-refractivity contribution < 1.29 is 36.7 Å². The van der Waals surface area contributed by atoms with Crippen LogP contribution >= 0.6 is 11.3 Å². The van der Waals surface area contributed by atoms with Gasteiger partial charge in [0.05, 0.1) is 28.5 Å². The molecule has 7 rings (SSSR count). The second kappa shape index (κ2) is 9.27. The number of ether oxygens (including phenoxy) is 1. The van der Waals surface area contributed by atoms with E-state index in [1.54, 1.807) is 6.07 Å². The average Bonchev–Trinajstić information content (AvgIpc) is 3.25. The van der Waals surface area contributed by atoms with Gasteiger partial charge in [0.15, 0.2) is 10.9 Å². The van der Waals surface area contributed by atoms with Crippen molar-refractivity contribution in [3.05, 3.63) is 64.7 Å². The molecule has 0 radical (unpaired) electrons. The Kier molecular flexibility index (Phi) is 5.90. The predicted octanol–water partition coefficient (Wildman–Crippen LogP) is 6.87. The summed E-state index contributed by atoms with van der Waals surface area (Å²) in [6, 6.07) is 7.91. The summed E-state index contributed by atoms with van der Waals surface area (Å²) >= 11 is 1.27. The molecule has 2 aliphatic carbocycles. The number of rotatable bonds is 7. The first kappa shape index (κ1) is 25.5. The summed E-state index contributed by atoms with van der Waals surface area (Å²) in [7, 11) is 0. The Morgan fingerprint density at radius 1 is 1.20 bits per heavy atom. The summed E-state index contributed by atoms with van der Waals surface area (Å²) in [5, 5.41) is 14.0. The van der Waals surface area contributed by atoms with Gasteiger partial charge in [-0.15, -0.1) is 0 Å². The Hall–Kier alpha value is -3.51. The minimum atomic E-state index is -4.53. The number of aromatic nitrogens is 2. The first-order valence-corrected chi connectivity index (χ1v) is 13.9. The zero-order chi connectivity index (χ0) is 27.8. The van der Waals surface area contributed by atoms with Crippen LogP contribution in [0.1, 0.15) is 58.8 Å². The van der Waals surface area contributed by atoms with Crippen LogP contribution < -0.4 is 4.90 Å². The smallest absolute Gasteiger partial charge is 0.417 e. The maximum atomic E-state index is 14.5. The lowest BCUT2D eigenvalue weighted by Crippen LogP contribution is -2.38. The Morgan fingerprint density at radius 3 is 2.70 bits per heavy atom. The van der Waals surface area contributed by atoms with Crippen LogP contribution in [-0.2, 0) is 17.5 Å². The minimum absolute atomic E-state index is 0.0162. The molecule has 2 saturated carbocycles. The van der Waals surface area contributed by atoms with E-state index in [1.165, 1.54) is 29.5 Å². The monoisotopic (exact) mass is 573 g/mol.